The van der Waals surface area contributed by atoms with Gasteiger partial charge in [0.05, 0.1) is 17.8 Å². The number of nitriles is 1. The van der Waals surface area contributed by atoms with E-state index in [-0.39, 0.29) is 0 Å². The molecule has 4 heteroatoms. The average Bonchev–Trinajstić information content (AvgIpc) is 2.16. The number of hydrogen-bond donors (Lipinski definition) is 0. The van der Waals surface area contributed by atoms with Gasteiger partial charge in [0.25, 0.3) is 8.32 Å². The van der Waals surface area contributed by atoms with E-state index < -0.39 is 8.32 Å². The van der Waals surface area contributed by atoms with Crippen molar-refractivity contribution in [3.05, 3.63) is 35.4 Å². The van der Waals surface area contributed by atoms with Gasteiger partial charge in [-0.3, -0.25) is 0 Å². The zero-order valence-electron chi connectivity index (χ0n) is 9.19. The predicted octanol–water partition coefficient (Wildman–Crippen LogP) is 2.74. The van der Waals surface area contributed by atoms with Crippen LogP contribution < -0.4 is 0 Å². The van der Waals surface area contributed by atoms with E-state index in [9.17, 15) is 0 Å². The quantitative estimate of drug-likeness (QED) is 0.445. The van der Waals surface area contributed by atoms with Crippen LogP contribution in [0.1, 0.15) is 11.1 Å². The summed E-state index contributed by atoms with van der Waals surface area (Å²) in [6.07, 6.45) is 1.64. The van der Waals surface area contributed by atoms with Crippen LogP contribution in [0.25, 0.3) is 0 Å². The minimum atomic E-state index is -1.60. The smallest absolute Gasteiger partial charge is 0.278 e. The largest absolute Gasteiger partial charge is 0.456 e. The molecule has 0 amide bonds. The predicted molar refractivity (Wildman–Crippen MR) is 63.2 cm³/mol. The lowest BCUT2D eigenvalue weighted by molar-refractivity contribution is 0.338. The van der Waals surface area contributed by atoms with Crippen molar-refractivity contribution in [2.75, 3.05) is 0 Å². The third-order valence-electron chi connectivity index (χ3n) is 1.54. The molecule has 0 aliphatic heterocycles. The van der Waals surface area contributed by atoms with Crippen LogP contribution in [0.3, 0.4) is 0 Å². The highest BCUT2D eigenvalue weighted by Crippen LogP contribution is 2.04. The number of oxime groups is 1. The Balaban J connectivity index is 2.69. The summed E-state index contributed by atoms with van der Waals surface area (Å²) in [6, 6.07) is 9.33. The van der Waals surface area contributed by atoms with Gasteiger partial charge in [0.2, 0.25) is 0 Å². The molecule has 0 heterocycles. The summed E-state index contributed by atoms with van der Waals surface area (Å²) < 4.78 is 5.33. The van der Waals surface area contributed by atoms with Gasteiger partial charge >= 0.3 is 0 Å². The van der Waals surface area contributed by atoms with E-state index in [1.54, 1.807) is 18.3 Å². The lowest BCUT2D eigenvalue weighted by Crippen LogP contribution is -2.22. The van der Waals surface area contributed by atoms with E-state index in [4.69, 9.17) is 9.79 Å². The van der Waals surface area contributed by atoms with Gasteiger partial charge in [-0.15, -0.1) is 5.16 Å². The fourth-order valence-electron chi connectivity index (χ4n) is 0.934. The molecular weight excluding hydrogens is 204 g/mol. The number of nitrogens with zero attached hydrogens (tertiary/aromatic N) is 2. The summed E-state index contributed by atoms with van der Waals surface area (Å²) in [7, 11) is -1.60. The maximum atomic E-state index is 8.70. The Morgan fingerprint density at radius 1 is 1.40 bits per heavy atom. The van der Waals surface area contributed by atoms with Crippen LogP contribution in [0, 0.1) is 11.3 Å². The van der Waals surface area contributed by atoms with Crippen molar-refractivity contribution in [3.8, 4) is 6.07 Å². The molecule has 1 aromatic rings. The summed E-state index contributed by atoms with van der Waals surface area (Å²) in [5, 5.41) is 12.6. The maximum Gasteiger partial charge on any atom is 0.278 e. The lowest BCUT2D eigenvalue weighted by atomic mass is 10.1. The van der Waals surface area contributed by atoms with Crippen LogP contribution in [-0.2, 0) is 4.53 Å². The molecule has 0 radical (unpaired) electrons. The van der Waals surface area contributed by atoms with Gasteiger partial charge in [-0.25, -0.2) is 0 Å². The second-order valence-electron chi connectivity index (χ2n) is 4.18. The SMILES string of the molecule is C[Si](C)(C)ON=Cc1cccc(C#N)c1. The Hall–Kier alpha value is -1.60. The molecule has 15 heavy (non-hydrogen) atoms. The molecule has 1 aromatic carbocycles. The Morgan fingerprint density at radius 3 is 2.73 bits per heavy atom. The first-order valence-electron chi connectivity index (χ1n) is 4.73. The summed E-state index contributed by atoms with van der Waals surface area (Å²) in [5.41, 5.74) is 1.51. The van der Waals surface area contributed by atoms with E-state index in [1.807, 2.05) is 12.1 Å². The van der Waals surface area contributed by atoms with E-state index in [0.717, 1.165) is 5.56 Å². The van der Waals surface area contributed by atoms with Gasteiger partial charge in [0.15, 0.2) is 0 Å². The van der Waals surface area contributed by atoms with Crippen molar-refractivity contribution >= 4 is 14.5 Å². The average molecular weight is 218 g/mol. The van der Waals surface area contributed by atoms with Crippen LogP contribution in [-0.4, -0.2) is 14.5 Å². The molecule has 0 aliphatic rings. The van der Waals surface area contributed by atoms with Gasteiger partial charge in [-0.1, -0.05) is 12.1 Å². The summed E-state index contributed by atoms with van der Waals surface area (Å²) in [5.74, 6) is 0. The van der Waals surface area contributed by atoms with Gasteiger partial charge in [-0.2, -0.15) is 5.26 Å². The molecule has 0 N–H and O–H groups in total. The molecule has 1 rings (SSSR count). The number of hydrogen-bond acceptors (Lipinski definition) is 3. The van der Waals surface area contributed by atoms with Crippen LogP contribution in [0.4, 0.5) is 0 Å². The highest BCUT2D eigenvalue weighted by atomic mass is 28.4. The van der Waals surface area contributed by atoms with Gasteiger partial charge < -0.3 is 4.53 Å². The summed E-state index contributed by atoms with van der Waals surface area (Å²) in [4.78, 5) is 0. The van der Waals surface area contributed by atoms with Crippen LogP contribution in [0.5, 0.6) is 0 Å². The molecule has 0 aliphatic carbocycles. The Labute approximate surface area is 91.1 Å². The molecule has 0 fully saturated rings. The molecule has 0 saturated heterocycles. The molecular formula is C11H14N2OSi. The normalized spacial score (nSPS) is 11.3. The monoisotopic (exact) mass is 218 g/mol. The van der Waals surface area contributed by atoms with Crippen molar-refractivity contribution in [1.29, 1.82) is 5.26 Å². The van der Waals surface area contributed by atoms with E-state index in [1.165, 1.54) is 0 Å². The number of benzene rings is 1. The van der Waals surface area contributed by atoms with Crippen molar-refractivity contribution in [2.45, 2.75) is 19.6 Å². The maximum absolute atomic E-state index is 8.70. The first-order chi connectivity index (χ1) is 7.01. The van der Waals surface area contributed by atoms with E-state index >= 15 is 0 Å². The number of rotatable bonds is 3. The van der Waals surface area contributed by atoms with E-state index in [0.29, 0.717) is 5.56 Å². The zero-order valence-corrected chi connectivity index (χ0v) is 10.2. The fourth-order valence-corrected chi connectivity index (χ4v) is 1.30. The second-order valence-corrected chi connectivity index (χ2v) is 8.58. The van der Waals surface area contributed by atoms with E-state index in [2.05, 4.69) is 30.9 Å². The molecule has 0 aromatic heterocycles. The van der Waals surface area contributed by atoms with Crippen molar-refractivity contribution in [2.24, 2.45) is 5.16 Å². The highest BCUT2D eigenvalue weighted by Gasteiger charge is 2.15. The van der Waals surface area contributed by atoms with Gasteiger partial charge in [-0.05, 0) is 37.3 Å². The Kier molecular flexibility index (Phi) is 3.64. The first-order valence-corrected chi connectivity index (χ1v) is 8.14. The molecule has 0 unspecified atom stereocenters. The van der Waals surface area contributed by atoms with Crippen LogP contribution in [0.2, 0.25) is 19.6 Å². The molecule has 78 valence electrons. The highest BCUT2D eigenvalue weighted by molar-refractivity contribution is 6.69. The third kappa shape index (κ3) is 4.43. The van der Waals surface area contributed by atoms with Crippen molar-refractivity contribution in [3.63, 3.8) is 0 Å². The van der Waals surface area contributed by atoms with Crippen LogP contribution in [0.15, 0.2) is 29.4 Å². The Bertz CT molecular complexity index is 402. The van der Waals surface area contributed by atoms with Gasteiger partial charge in [0, 0.05) is 0 Å². The minimum Gasteiger partial charge on any atom is -0.456 e. The molecule has 3 nitrogen and oxygen atoms in total. The summed E-state index contributed by atoms with van der Waals surface area (Å²) in [6.45, 7) is 6.20. The van der Waals surface area contributed by atoms with Crippen LogP contribution >= 0.6 is 0 Å². The zero-order chi connectivity index (χ0) is 11.3. The molecule has 0 saturated carbocycles. The lowest BCUT2D eigenvalue weighted by Gasteiger charge is -2.11. The molecule has 0 atom stereocenters. The fraction of sp³-hybridized carbons (Fsp3) is 0.273. The molecule has 0 spiro atoms. The van der Waals surface area contributed by atoms with Crippen molar-refractivity contribution in [1.82, 2.24) is 0 Å². The second kappa shape index (κ2) is 4.76. The molecule has 0 bridgehead atoms. The van der Waals surface area contributed by atoms with Crippen molar-refractivity contribution < 1.29 is 4.53 Å². The first kappa shape index (κ1) is 11.5. The Morgan fingerprint density at radius 2 is 2.13 bits per heavy atom. The third-order valence-corrected chi connectivity index (χ3v) is 2.20. The van der Waals surface area contributed by atoms with Gasteiger partial charge in [0.1, 0.15) is 0 Å². The minimum absolute atomic E-state index is 0.631. The topological polar surface area (TPSA) is 45.4 Å². The summed E-state index contributed by atoms with van der Waals surface area (Å²) >= 11 is 0. The standard InChI is InChI=1S/C11H14N2OSi/c1-15(2,3)14-13-9-11-6-4-5-10(7-11)8-12/h4-7,9H,1-3H3.